The molecule has 0 spiro atoms. The molecule has 4 nitrogen and oxygen atoms in total. The Morgan fingerprint density at radius 3 is 2.22 bits per heavy atom. The average molecular weight is 310 g/mol. The minimum absolute atomic E-state index is 0.159. The fourth-order valence-electron chi connectivity index (χ4n) is 3.10. The van der Waals surface area contributed by atoms with Gasteiger partial charge in [-0.3, -0.25) is 9.59 Å². The number of carbonyl (C=O) groups excluding carboxylic acids is 2. The number of esters is 1. The summed E-state index contributed by atoms with van der Waals surface area (Å²) in [5, 5.41) is 0. The fraction of sp³-hybridized carbons (Fsp3) is 0.263. The Morgan fingerprint density at radius 1 is 1.00 bits per heavy atom. The van der Waals surface area contributed by atoms with Crippen LogP contribution in [0.25, 0.3) is 0 Å². The van der Waals surface area contributed by atoms with Gasteiger partial charge in [-0.1, -0.05) is 42.5 Å². The molecule has 1 aliphatic rings. The van der Waals surface area contributed by atoms with E-state index in [-0.39, 0.29) is 11.7 Å². The maximum Gasteiger partial charge on any atom is 0.320 e. The first kappa shape index (κ1) is 15.3. The summed E-state index contributed by atoms with van der Waals surface area (Å²) >= 11 is 0. The summed E-state index contributed by atoms with van der Waals surface area (Å²) < 4.78 is 10.1. The van der Waals surface area contributed by atoms with Gasteiger partial charge in [0.25, 0.3) is 0 Å². The molecule has 1 saturated carbocycles. The van der Waals surface area contributed by atoms with E-state index >= 15 is 0 Å². The van der Waals surface area contributed by atoms with E-state index in [0.717, 1.165) is 11.3 Å². The monoisotopic (exact) mass is 310 g/mol. The van der Waals surface area contributed by atoms with E-state index in [4.69, 9.17) is 9.47 Å². The van der Waals surface area contributed by atoms with Crippen molar-refractivity contribution in [2.75, 3.05) is 14.2 Å². The first-order chi connectivity index (χ1) is 11.1. The van der Waals surface area contributed by atoms with Gasteiger partial charge in [-0.15, -0.1) is 0 Å². The molecular weight excluding hydrogens is 292 g/mol. The molecule has 2 atom stereocenters. The maximum atomic E-state index is 12.9. The molecule has 0 N–H and O–H groups in total. The van der Waals surface area contributed by atoms with Crippen LogP contribution in [-0.4, -0.2) is 26.0 Å². The Morgan fingerprint density at radius 2 is 1.65 bits per heavy atom. The van der Waals surface area contributed by atoms with Crippen LogP contribution in [0.5, 0.6) is 5.75 Å². The van der Waals surface area contributed by atoms with E-state index in [1.54, 1.807) is 31.4 Å². The molecule has 0 aromatic heterocycles. The smallest absolute Gasteiger partial charge is 0.320 e. The van der Waals surface area contributed by atoms with Gasteiger partial charge in [-0.05, 0) is 24.1 Å². The second-order valence-electron chi connectivity index (χ2n) is 5.69. The highest BCUT2D eigenvalue weighted by atomic mass is 16.5. The number of ketones is 1. The lowest BCUT2D eigenvalue weighted by molar-refractivity contribution is -0.145. The van der Waals surface area contributed by atoms with Crippen molar-refractivity contribution in [3.8, 4) is 5.75 Å². The summed E-state index contributed by atoms with van der Waals surface area (Å²) in [6, 6.07) is 16.4. The second kappa shape index (κ2) is 5.88. The fourth-order valence-corrected chi connectivity index (χ4v) is 3.10. The number of methoxy groups -OCH3 is 2. The van der Waals surface area contributed by atoms with Crippen molar-refractivity contribution in [1.82, 2.24) is 0 Å². The zero-order valence-electron chi connectivity index (χ0n) is 13.1. The number of carbonyl (C=O) groups is 2. The Kier molecular flexibility index (Phi) is 3.90. The van der Waals surface area contributed by atoms with E-state index < -0.39 is 11.4 Å². The highest BCUT2D eigenvalue weighted by molar-refractivity contribution is 6.16. The van der Waals surface area contributed by atoms with Gasteiger partial charge >= 0.3 is 5.97 Å². The first-order valence-electron chi connectivity index (χ1n) is 7.45. The van der Waals surface area contributed by atoms with E-state index in [1.807, 2.05) is 30.3 Å². The van der Waals surface area contributed by atoms with Crippen molar-refractivity contribution in [3.05, 3.63) is 65.7 Å². The predicted molar refractivity (Wildman–Crippen MR) is 85.6 cm³/mol. The van der Waals surface area contributed by atoms with Crippen molar-refractivity contribution in [1.29, 1.82) is 0 Å². The van der Waals surface area contributed by atoms with Gasteiger partial charge in [0.15, 0.2) is 5.78 Å². The normalized spacial score (nSPS) is 22.3. The van der Waals surface area contributed by atoms with Crippen LogP contribution in [0.4, 0.5) is 0 Å². The highest BCUT2D eigenvalue weighted by Crippen LogP contribution is 2.61. The Balaban J connectivity index is 1.94. The van der Waals surface area contributed by atoms with Crippen molar-refractivity contribution in [2.24, 2.45) is 5.41 Å². The molecule has 1 fully saturated rings. The van der Waals surface area contributed by atoms with Gasteiger partial charge in [0, 0.05) is 11.5 Å². The second-order valence-corrected chi connectivity index (χ2v) is 5.69. The van der Waals surface area contributed by atoms with E-state index in [2.05, 4.69) is 0 Å². The van der Waals surface area contributed by atoms with Crippen LogP contribution in [0.3, 0.4) is 0 Å². The number of ether oxygens (including phenoxy) is 2. The Hall–Kier alpha value is -2.62. The molecule has 2 aromatic carbocycles. The molecule has 1 aliphatic carbocycles. The third-order valence-corrected chi connectivity index (χ3v) is 4.47. The molecule has 0 amide bonds. The third kappa shape index (κ3) is 2.50. The van der Waals surface area contributed by atoms with Crippen LogP contribution >= 0.6 is 0 Å². The largest absolute Gasteiger partial charge is 0.497 e. The molecule has 4 heteroatoms. The van der Waals surface area contributed by atoms with Crippen molar-refractivity contribution in [3.63, 3.8) is 0 Å². The van der Waals surface area contributed by atoms with E-state index in [9.17, 15) is 9.59 Å². The quantitative estimate of drug-likeness (QED) is 0.483. The molecule has 0 saturated heterocycles. The SMILES string of the molecule is COC(=O)C1(C(=O)c2ccccc2)CC1c1ccc(OC)cc1. The summed E-state index contributed by atoms with van der Waals surface area (Å²) in [6.07, 6.45) is 0.472. The van der Waals surface area contributed by atoms with Gasteiger partial charge in [0.1, 0.15) is 11.2 Å². The van der Waals surface area contributed by atoms with Gasteiger partial charge in [0.2, 0.25) is 0 Å². The van der Waals surface area contributed by atoms with Crippen LogP contribution < -0.4 is 4.74 Å². The van der Waals surface area contributed by atoms with Crippen molar-refractivity contribution in [2.45, 2.75) is 12.3 Å². The zero-order chi connectivity index (χ0) is 16.4. The number of hydrogen-bond donors (Lipinski definition) is 0. The molecule has 23 heavy (non-hydrogen) atoms. The standard InChI is InChI=1S/C19H18O4/c1-22-15-10-8-13(9-11-15)16-12-19(16,18(21)23-2)17(20)14-6-4-3-5-7-14/h3-11,16H,12H2,1-2H3. The van der Waals surface area contributed by atoms with Crippen LogP contribution in [-0.2, 0) is 9.53 Å². The molecule has 3 rings (SSSR count). The minimum atomic E-state index is -1.11. The molecule has 0 heterocycles. The number of hydrogen-bond acceptors (Lipinski definition) is 4. The lowest BCUT2D eigenvalue weighted by Crippen LogP contribution is -2.29. The number of benzene rings is 2. The third-order valence-electron chi connectivity index (χ3n) is 4.47. The van der Waals surface area contributed by atoms with Crippen LogP contribution in [0.2, 0.25) is 0 Å². The average Bonchev–Trinajstić information content (AvgIpc) is 3.38. The minimum Gasteiger partial charge on any atom is -0.497 e. The molecule has 2 unspecified atom stereocenters. The van der Waals surface area contributed by atoms with Gasteiger partial charge in [-0.2, -0.15) is 0 Å². The summed E-state index contributed by atoms with van der Waals surface area (Å²) in [5.41, 5.74) is 0.374. The Bertz CT molecular complexity index is 721. The first-order valence-corrected chi connectivity index (χ1v) is 7.45. The molecule has 0 radical (unpaired) electrons. The predicted octanol–water partition coefficient (Wildman–Crippen LogP) is 3.22. The van der Waals surface area contributed by atoms with Gasteiger partial charge in [0.05, 0.1) is 14.2 Å². The summed E-state index contributed by atoms with van der Waals surface area (Å²) in [7, 11) is 2.93. The summed E-state index contributed by atoms with van der Waals surface area (Å²) in [4.78, 5) is 25.3. The lowest BCUT2D eigenvalue weighted by atomic mass is 9.90. The van der Waals surface area contributed by atoms with Gasteiger partial charge < -0.3 is 9.47 Å². The molecule has 118 valence electrons. The molecule has 2 aromatic rings. The number of Topliss-reactive ketones (excluding diaryl/α,β-unsaturated/α-hetero) is 1. The molecular formula is C19H18O4. The lowest BCUT2D eigenvalue weighted by Gasteiger charge is -2.14. The maximum absolute atomic E-state index is 12.9. The van der Waals surface area contributed by atoms with Crippen LogP contribution in [0, 0.1) is 5.41 Å². The van der Waals surface area contributed by atoms with Crippen LogP contribution in [0.1, 0.15) is 28.3 Å². The van der Waals surface area contributed by atoms with E-state index in [1.165, 1.54) is 7.11 Å². The van der Waals surface area contributed by atoms with Crippen molar-refractivity contribution < 1.29 is 19.1 Å². The summed E-state index contributed by atoms with van der Waals surface area (Å²) in [5.74, 6) is -0.0565. The van der Waals surface area contributed by atoms with Gasteiger partial charge in [-0.25, -0.2) is 0 Å². The topological polar surface area (TPSA) is 52.6 Å². The van der Waals surface area contributed by atoms with Crippen molar-refractivity contribution >= 4 is 11.8 Å². The number of rotatable bonds is 5. The van der Waals surface area contributed by atoms with Crippen LogP contribution in [0.15, 0.2) is 54.6 Å². The molecule has 0 aliphatic heterocycles. The highest BCUT2D eigenvalue weighted by Gasteiger charge is 2.66. The zero-order valence-corrected chi connectivity index (χ0v) is 13.1. The van der Waals surface area contributed by atoms with E-state index in [0.29, 0.717) is 12.0 Å². The summed E-state index contributed by atoms with van der Waals surface area (Å²) in [6.45, 7) is 0. The Labute approximate surface area is 135 Å². The molecule has 0 bridgehead atoms.